The first-order chi connectivity index (χ1) is 4.13. The van der Waals surface area contributed by atoms with Crippen LogP contribution in [0, 0.1) is 11.8 Å². The van der Waals surface area contributed by atoms with Gasteiger partial charge >= 0.3 is 0 Å². The molecule has 1 unspecified atom stereocenters. The Morgan fingerprint density at radius 2 is 1.11 bits per heavy atom. The molecule has 1 saturated heterocycles. The third-order valence-corrected chi connectivity index (χ3v) is 2.74. The minimum absolute atomic E-state index is 0.468. The average Bonchev–Trinajstić information content (AvgIpc) is 1.98. The Morgan fingerprint density at radius 3 is 1.22 bits per heavy atom. The molecule has 0 amide bonds. The summed E-state index contributed by atoms with van der Waals surface area (Å²) in [5.74, 6) is 1.47. The molecule has 0 saturated carbocycles. The van der Waals surface area contributed by atoms with Crippen molar-refractivity contribution in [1.29, 1.82) is 0 Å². The van der Waals surface area contributed by atoms with Crippen LogP contribution in [0.1, 0.15) is 27.7 Å². The summed E-state index contributed by atoms with van der Waals surface area (Å²) in [5.41, 5.74) is 0. The highest BCUT2D eigenvalue weighted by atomic mass is 16.5. The molecule has 0 radical (unpaired) electrons. The quantitative estimate of drug-likeness (QED) is 0.485. The van der Waals surface area contributed by atoms with Gasteiger partial charge in [0, 0.05) is 0 Å². The number of hydrogen-bond acceptors (Lipinski definition) is 1. The smallest absolute Gasteiger partial charge is 0.0579 e. The molecule has 4 atom stereocenters. The van der Waals surface area contributed by atoms with Crippen LogP contribution in [0.15, 0.2) is 0 Å². The maximum Gasteiger partial charge on any atom is 0.0579 e. The Morgan fingerprint density at radius 1 is 0.778 bits per heavy atom. The van der Waals surface area contributed by atoms with E-state index in [2.05, 4.69) is 27.7 Å². The lowest BCUT2D eigenvalue weighted by Crippen LogP contribution is -2.12. The summed E-state index contributed by atoms with van der Waals surface area (Å²) in [4.78, 5) is 0. The predicted octanol–water partition coefficient (Wildman–Crippen LogP) is 2.07. The van der Waals surface area contributed by atoms with E-state index in [1.807, 2.05) is 0 Å². The molecular weight excluding hydrogens is 112 g/mol. The van der Waals surface area contributed by atoms with Crippen LogP contribution in [-0.2, 0) is 4.74 Å². The molecule has 1 nitrogen and oxygen atoms in total. The lowest BCUT2D eigenvalue weighted by molar-refractivity contribution is 0.0524. The molecule has 1 aliphatic rings. The topological polar surface area (TPSA) is 9.23 Å². The van der Waals surface area contributed by atoms with Crippen LogP contribution in [-0.4, -0.2) is 12.2 Å². The fraction of sp³-hybridized carbons (Fsp3) is 1.00. The summed E-state index contributed by atoms with van der Waals surface area (Å²) < 4.78 is 5.59. The monoisotopic (exact) mass is 128 g/mol. The van der Waals surface area contributed by atoms with Gasteiger partial charge in [0.1, 0.15) is 0 Å². The molecule has 1 rings (SSSR count). The average molecular weight is 128 g/mol. The van der Waals surface area contributed by atoms with Gasteiger partial charge in [-0.05, 0) is 25.7 Å². The zero-order valence-electron chi connectivity index (χ0n) is 6.72. The highest BCUT2D eigenvalue weighted by molar-refractivity contribution is 4.80. The molecule has 9 heavy (non-hydrogen) atoms. The molecule has 0 aromatic rings. The molecule has 0 bridgehead atoms. The van der Waals surface area contributed by atoms with E-state index in [0.29, 0.717) is 12.2 Å². The van der Waals surface area contributed by atoms with Crippen LogP contribution in [0.3, 0.4) is 0 Å². The summed E-state index contributed by atoms with van der Waals surface area (Å²) >= 11 is 0. The second kappa shape index (κ2) is 2.30. The van der Waals surface area contributed by atoms with E-state index >= 15 is 0 Å². The van der Waals surface area contributed by atoms with Gasteiger partial charge in [-0.1, -0.05) is 13.8 Å². The largest absolute Gasteiger partial charge is 0.375 e. The Hall–Kier alpha value is -0.0400. The summed E-state index contributed by atoms with van der Waals surface area (Å²) in [5, 5.41) is 0. The minimum atomic E-state index is 0.468. The van der Waals surface area contributed by atoms with Crippen LogP contribution in [0.25, 0.3) is 0 Å². The molecule has 54 valence electrons. The Balaban J connectivity index is 2.54. The van der Waals surface area contributed by atoms with Crippen molar-refractivity contribution >= 4 is 0 Å². The molecule has 1 fully saturated rings. The third-order valence-electron chi connectivity index (χ3n) is 2.74. The van der Waals surface area contributed by atoms with Gasteiger partial charge < -0.3 is 4.74 Å². The van der Waals surface area contributed by atoms with E-state index in [1.54, 1.807) is 0 Å². The lowest BCUT2D eigenvalue weighted by atomic mass is 9.92. The van der Waals surface area contributed by atoms with E-state index in [0.717, 1.165) is 11.8 Å². The molecule has 0 aromatic heterocycles. The van der Waals surface area contributed by atoms with Crippen LogP contribution < -0.4 is 0 Å². The van der Waals surface area contributed by atoms with Crippen LogP contribution in [0.4, 0.5) is 0 Å². The van der Waals surface area contributed by atoms with Crippen LogP contribution >= 0.6 is 0 Å². The molecule has 0 N–H and O–H groups in total. The summed E-state index contributed by atoms with van der Waals surface area (Å²) in [6, 6.07) is 0. The Kier molecular flexibility index (Phi) is 1.80. The van der Waals surface area contributed by atoms with Crippen molar-refractivity contribution in [2.45, 2.75) is 39.9 Å². The maximum absolute atomic E-state index is 5.59. The second-order valence-corrected chi connectivity index (χ2v) is 3.26. The first kappa shape index (κ1) is 7.07. The van der Waals surface area contributed by atoms with E-state index in [1.165, 1.54) is 0 Å². The third kappa shape index (κ3) is 1.11. The normalized spacial score (nSPS) is 52.0. The molecule has 0 aliphatic carbocycles. The summed E-state index contributed by atoms with van der Waals surface area (Å²) in [6.45, 7) is 8.84. The first-order valence-corrected chi connectivity index (χ1v) is 3.78. The van der Waals surface area contributed by atoms with E-state index < -0.39 is 0 Å². The van der Waals surface area contributed by atoms with Gasteiger partial charge in [0.15, 0.2) is 0 Å². The Labute approximate surface area is 57.4 Å². The standard InChI is InChI=1S/C8H16O/c1-5-6(2)8(4)9-7(5)3/h5-8H,1-4H3/t5-,6+,7+,8?/m0/s1. The van der Waals surface area contributed by atoms with Crippen molar-refractivity contribution < 1.29 is 4.74 Å². The van der Waals surface area contributed by atoms with E-state index in [9.17, 15) is 0 Å². The van der Waals surface area contributed by atoms with Gasteiger partial charge in [-0.3, -0.25) is 0 Å². The van der Waals surface area contributed by atoms with Crippen molar-refractivity contribution in [3.05, 3.63) is 0 Å². The van der Waals surface area contributed by atoms with Crippen molar-refractivity contribution in [3.8, 4) is 0 Å². The van der Waals surface area contributed by atoms with Crippen molar-refractivity contribution in [1.82, 2.24) is 0 Å². The molecule has 1 heteroatoms. The lowest BCUT2D eigenvalue weighted by Gasteiger charge is -2.10. The van der Waals surface area contributed by atoms with Gasteiger partial charge in [-0.2, -0.15) is 0 Å². The molecule has 0 spiro atoms. The van der Waals surface area contributed by atoms with Gasteiger partial charge in [-0.15, -0.1) is 0 Å². The summed E-state index contributed by atoms with van der Waals surface area (Å²) in [6.07, 6.45) is 0.935. The zero-order chi connectivity index (χ0) is 7.02. The number of rotatable bonds is 0. The number of ether oxygens (including phenoxy) is 1. The summed E-state index contributed by atoms with van der Waals surface area (Å²) in [7, 11) is 0. The highest BCUT2D eigenvalue weighted by Crippen LogP contribution is 2.30. The SMILES string of the molecule is CC1O[C@H](C)[C@@H](C)[C@H]1C. The van der Waals surface area contributed by atoms with Crippen LogP contribution in [0.5, 0.6) is 0 Å². The zero-order valence-corrected chi connectivity index (χ0v) is 6.72. The van der Waals surface area contributed by atoms with E-state index in [4.69, 9.17) is 4.74 Å². The predicted molar refractivity (Wildman–Crippen MR) is 38.3 cm³/mol. The van der Waals surface area contributed by atoms with Crippen LogP contribution in [0.2, 0.25) is 0 Å². The van der Waals surface area contributed by atoms with Crippen molar-refractivity contribution in [3.63, 3.8) is 0 Å². The maximum atomic E-state index is 5.59. The van der Waals surface area contributed by atoms with Gasteiger partial charge in [-0.25, -0.2) is 0 Å². The van der Waals surface area contributed by atoms with Gasteiger partial charge in [0.05, 0.1) is 12.2 Å². The molecule has 1 aliphatic heterocycles. The highest BCUT2D eigenvalue weighted by Gasteiger charge is 2.32. The van der Waals surface area contributed by atoms with Crippen molar-refractivity contribution in [2.24, 2.45) is 11.8 Å². The first-order valence-electron chi connectivity index (χ1n) is 3.78. The number of hydrogen-bond donors (Lipinski definition) is 0. The molecule has 1 heterocycles. The second-order valence-electron chi connectivity index (χ2n) is 3.26. The fourth-order valence-corrected chi connectivity index (χ4v) is 1.44. The van der Waals surface area contributed by atoms with Crippen molar-refractivity contribution in [2.75, 3.05) is 0 Å². The van der Waals surface area contributed by atoms with E-state index in [-0.39, 0.29) is 0 Å². The van der Waals surface area contributed by atoms with Gasteiger partial charge in [0.2, 0.25) is 0 Å². The Bertz CT molecular complexity index is 88.7. The minimum Gasteiger partial charge on any atom is -0.375 e. The molecule has 0 aromatic carbocycles. The molecular formula is C8H16O. The van der Waals surface area contributed by atoms with Gasteiger partial charge in [0.25, 0.3) is 0 Å². The fourth-order valence-electron chi connectivity index (χ4n) is 1.44.